The van der Waals surface area contributed by atoms with Gasteiger partial charge in [0.2, 0.25) is 5.91 Å². The zero-order chi connectivity index (χ0) is 13.1. The maximum Gasteiger partial charge on any atom is 0.222 e. The average Bonchev–Trinajstić information content (AvgIpc) is 2.41. The Morgan fingerprint density at radius 1 is 1.39 bits per heavy atom. The van der Waals surface area contributed by atoms with Crippen molar-refractivity contribution in [3.63, 3.8) is 0 Å². The van der Waals surface area contributed by atoms with Gasteiger partial charge in [-0.25, -0.2) is 4.98 Å². The molecule has 0 aromatic carbocycles. The Balaban J connectivity index is 2.01. The van der Waals surface area contributed by atoms with E-state index < -0.39 is 0 Å². The molecule has 5 heteroatoms. The van der Waals surface area contributed by atoms with E-state index in [-0.39, 0.29) is 5.91 Å². The fourth-order valence-electron chi connectivity index (χ4n) is 2.18. The third kappa shape index (κ3) is 2.55. The normalized spacial score (nSPS) is 15.9. The number of rotatable bonds is 2. The third-order valence-electron chi connectivity index (χ3n) is 3.40. The number of amides is 1. The van der Waals surface area contributed by atoms with Crippen LogP contribution in [0.2, 0.25) is 0 Å². The van der Waals surface area contributed by atoms with Gasteiger partial charge in [0.1, 0.15) is 5.82 Å². The molecule has 1 fully saturated rings. The summed E-state index contributed by atoms with van der Waals surface area (Å²) in [7, 11) is 0. The first-order valence-electron chi connectivity index (χ1n) is 6.36. The van der Waals surface area contributed by atoms with E-state index in [9.17, 15) is 4.79 Å². The van der Waals surface area contributed by atoms with Gasteiger partial charge in [-0.05, 0) is 18.6 Å². The summed E-state index contributed by atoms with van der Waals surface area (Å²) in [5.41, 5.74) is 7.80. The molecule has 1 saturated heterocycles. The minimum Gasteiger partial charge on any atom is -0.383 e. The summed E-state index contributed by atoms with van der Waals surface area (Å²) >= 11 is 0. The number of piperazine rings is 1. The van der Waals surface area contributed by atoms with Gasteiger partial charge >= 0.3 is 0 Å². The Hall–Kier alpha value is -1.78. The highest BCUT2D eigenvalue weighted by Crippen LogP contribution is 2.19. The third-order valence-corrected chi connectivity index (χ3v) is 3.40. The van der Waals surface area contributed by atoms with Gasteiger partial charge in [-0.15, -0.1) is 0 Å². The molecule has 0 radical (unpaired) electrons. The maximum atomic E-state index is 11.6. The van der Waals surface area contributed by atoms with Crippen molar-refractivity contribution in [1.82, 2.24) is 9.88 Å². The summed E-state index contributed by atoms with van der Waals surface area (Å²) in [5.74, 6) is 0.819. The molecule has 0 saturated carbocycles. The Kier molecular flexibility index (Phi) is 3.69. The summed E-state index contributed by atoms with van der Waals surface area (Å²) in [4.78, 5) is 19.9. The zero-order valence-corrected chi connectivity index (χ0v) is 11.0. The molecule has 1 amide bonds. The summed E-state index contributed by atoms with van der Waals surface area (Å²) in [6.07, 6.45) is 2.39. The first-order chi connectivity index (χ1) is 8.61. The molecule has 2 rings (SSSR count). The van der Waals surface area contributed by atoms with Gasteiger partial charge < -0.3 is 15.5 Å². The van der Waals surface area contributed by atoms with Crippen LogP contribution in [-0.2, 0) is 4.79 Å². The Bertz CT molecular complexity index is 439. The van der Waals surface area contributed by atoms with Crippen molar-refractivity contribution < 1.29 is 4.79 Å². The molecule has 1 aromatic rings. The number of nitrogen functional groups attached to an aromatic ring is 1. The molecule has 2 N–H and O–H groups in total. The van der Waals surface area contributed by atoms with E-state index in [2.05, 4.69) is 16.0 Å². The largest absolute Gasteiger partial charge is 0.383 e. The van der Waals surface area contributed by atoms with Crippen molar-refractivity contribution in [2.24, 2.45) is 0 Å². The lowest BCUT2D eigenvalue weighted by Gasteiger charge is -2.36. The monoisotopic (exact) mass is 248 g/mol. The molecule has 0 atom stereocenters. The quantitative estimate of drug-likeness (QED) is 0.849. The molecule has 1 aliphatic heterocycles. The lowest BCUT2D eigenvalue weighted by molar-refractivity contribution is -0.131. The van der Waals surface area contributed by atoms with Gasteiger partial charge in [0.15, 0.2) is 0 Å². The van der Waals surface area contributed by atoms with Crippen molar-refractivity contribution in [3.05, 3.63) is 17.8 Å². The van der Waals surface area contributed by atoms with Crippen molar-refractivity contribution in [3.8, 4) is 0 Å². The number of aromatic nitrogens is 1. The molecule has 0 spiro atoms. The van der Waals surface area contributed by atoms with E-state index in [1.807, 2.05) is 18.7 Å². The standard InChI is InChI=1S/C13H20N4O/c1-3-12(18)17-6-4-16(5-7-17)11-8-10(2)13(14)15-9-11/h8-9H,3-7H2,1-2H3,(H2,14,15). The van der Waals surface area contributed by atoms with Gasteiger partial charge in [0.05, 0.1) is 11.9 Å². The number of carbonyl (C=O) groups excluding carboxylic acids is 1. The lowest BCUT2D eigenvalue weighted by atomic mass is 10.2. The van der Waals surface area contributed by atoms with Crippen molar-refractivity contribution in [1.29, 1.82) is 0 Å². The van der Waals surface area contributed by atoms with Crippen LogP contribution in [0.25, 0.3) is 0 Å². The fraction of sp³-hybridized carbons (Fsp3) is 0.538. The smallest absolute Gasteiger partial charge is 0.222 e. The number of aryl methyl sites for hydroxylation is 1. The van der Waals surface area contributed by atoms with E-state index in [0.717, 1.165) is 37.4 Å². The lowest BCUT2D eigenvalue weighted by Crippen LogP contribution is -2.48. The predicted octanol–water partition coefficient (Wildman–Crippen LogP) is 1.03. The van der Waals surface area contributed by atoms with Crippen LogP contribution in [-0.4, -0.2) is 42.0 Å². The second-order valence-electron chi connectivity index (χ2n) is 4.62. The topological polar surface area (TPSA) is 62.5 Å². The van der Waals surface area contributed by atoms with Gasteiger partial charge in [-0.2, -0.15) is 0 Å². The van der Waals surface area contributed by atoms with Crippen LogP contribution in [0.4, 0.5) is 11.5 Å². The van der Waals surface area contributed by atoms with Gasteiger partial charge in [0.25, 0.3) is 0 Å². The second-order valence-corrected chi connectivity index (χ2v) is 4.62. The maximum absolute atomic E-state index is 11.6. The first kappa shape index (κ1) is 12.7. The number of nitrogens with zero attached hydrogens (tertiary/aromatic N) is 3. The molecular weight excluding hydrogens is 228 g/mol. The molecule has 0 aliphatic carbocycles. The minimum absolute atomic E-state index is 0.237. The number of hydrogen-bond acceptors (Lipinski definition) is 4. The number of anilines is 2. The number of hydrogen-bond donors (Lipinski definition) is 1. The van der Waals surface area contributed by atoms with Crippen molar-refractivity contribution >= 4 is 17.4 Å². The molecule has 18 heavy (non-hydrogen) atoms. The van der Waals surface area contributed by atoms with Crippen molar-refractivity contribution in [2.75, 3.05) is 36.8 Å². The van der Waals surface area contributed by atoms with Gasteiger partial charge in [0, 0.05) is 32.6 Å². The fourth-order valence-corrected chi connectivity index (χ4v) is 2.18. The molecular formula is C13H20N4O. The highest BCUT2D eigenvalue weighted by atomic mass is 16.2. The van der Waals surface area contributed by atoms with Crippen LogP contribution >= 0.6 is 0 Å². The summed E-state index contributed by atoms with van der Waals surface area (Å²) in [6.45, 7) is 7.16. The molecule has 2 heterocycles. The average molecular weight is 248 g/mol. The van der Waals surface area contributed by atoms with Crippen LogP contribution in [0.1, 0.15) is 18.9 Å². The Labute approximate surface area is 108 Å². The van der Waals surface area contributed by atoms with Crippen LogP contribution < -0.4 is 10.6 Å². The molecule has 1 aliphatic rings. The second kappa shape index (κ2) is 5.25. The SMILES string of the molecule is CCC(=O)N1CCN(c2cnc(N)c(C)c2)CC1. The number of carbonyl (C=O) groups is 1. The summed E-state index contributed by atoms with van der Waals surface area (Å²) in [6, 6.07) is 2.06. The van der Waals surface area contributed by atoms with Gasteiger partial charge in [-0.3, -0.25) is 4.79 Å². The molecule has 0 unspecified atom stereocenters. The summed E-state index contributed by atoms with van der Waals surface area (Å²) in [5, 5.41) is 0. The zero-order valence-electron chi connectivity index (χ0n) is 11.0. The molecule has 5 nitrogen and oxygen atoms in total. The minimum atomic E-state index is 0.237. The Morgan fingerprint density at radius 2 is 2.06 bits per heavy atom. The van der Waals surface area contributed by atoms with E-state index in [1.54, 1.807) is 6.20 Å². The molecule has 1 aromatic heterocycles. The van der Waals surface area contributed by atoms with E-state index >= 15 is 0 Å². The van der Waals surface area contributed by atoms with E-state index in [1.165, 1.54) is 0 Å². The predicted molar refractivity (Wildman–Crippen MR) is 72.5 cm³/mol. The molecule has 98 valence electrons. The first-order valence-corrected chi connectivity index (χ1v) is 6.36. The molecule has 0 bridgehead atoms. The van der Waals surface area contributed by atoms with Gasteiger partial charge in [-0.1, -0.05) is 6.92 Å². The van der Waals surface area contributed by atoms with E-state index in [4.69, 9.17) is 5.73 Å². The van der Waals surface area contributed by atoms with Crippen LogP contribution in [0.3, 0.4) is 0 Å². The van der Waals surface area contributed by atoms with E-state index in [0.29, 0.717) is 12.2 Å². The highest BCUT2D eigenvalue weighted by molar-refractivity contribution is 5.76. The Morgan fingerprint density at radius 3 is 2.61 bits per heavy atom. The highest BCUT2D eigenvalue weighted by Gasteiger charge is 2.20. The summed E-state index contributed by atoms with van der Waals surface area (Å²) < 4.78 is 0. The van der Waals surface area contributed by atoms with Crippen LogP contribution in [0.15, 0.2) is 12.3 Å². The van der Waals surface area contributed by atoms with Crippen molar-refractivity contribution in [2.45, 2.75) is 20.3 Å². The van der Waals surface area contributed by atoms with Crippen LogP contribution in [0, 0.1) is 6.92 Å². The number of nitrogens with two attached hydrogens (primary N) is 1. The number of pyridine rings is 1. The van der Waals surface area contributed by atoms with Crippen LogP contribution in [0.5, 0.6) is 0 Å².